The molecule has 1 heterocycles. The predicted octanol–water partition coefficient (Wildman–Crippen LogP) is 3.10. The lowest BCUT2D eigenvalue weighted by Crippen LogP contribution is -2.17. The van der Waals surface area contributed by atoms with Crippen molar-refractivity contribution < 1.29 is 22.0 Å². The van der Waals surface area contributed by atoms with Gasteiger partial charge in [0, 0.05) is 17.7 Å². The topological polar surface area (TPSA) is 38.9 Å². The Kier molecular flexibility index (Phi) is 4.05. The van der Waals surface area contributed by atoms with E-state index in [4.69, 9.17) is 5.73 Å². The van der Waals surface area contributed by atoms with Gasteiger partial charge in [0.1, 0.15) is 3.70 Å². The van der Waals surface area contributed by atoms with Gasteiger partial charge in [-0.1, -0.05) is 0 Å². The lowest BCUT2D eigenvalue weighted by Gasteiger charge is -2.14. The first kappa shape index (κ1) is 13.6. The van der Waals surface area contributed by atoms with Crippen LogP contribution in [-0.4, -0.2) is 4.98 Å². The molecule has 16 heavy (non-hydrogen) atoms. The molecule has 0 bridgehead atoms. The van der Waals surface area contributed by atoms with E-state index in [2.05, 4.69) is 4.98 Å². The quantitative estimate of drug-likeness (QED) is 0.505. The fourth-order valence-corrected chi connectivity index (χ4v) is 1.78. The van der Waals surface area contributed by atoms with Gasteiger partial charge in [-0.2, -0.15) is 13.2 Å². The number of pyridine rings is 1. The van der Waals surface area contributed by atoms with Crippen LogP contribution in [0.1, 0.15) is 23.2 Å². The molecule has 8 heteroatoms. The molecule has 0 aliphatic carbocycles. The minimum Gasteiger partial charge on any atom is -0.326 e. The molecule has 0 saturated heterocycles. The van der Waals surface area contributed by atoms with Crippen LogP contribution in [-0.2, 0) is 12.7 Å². The number of nitrogens with zero attached hydrogens (tertiary/aromatic N) is 1. The van der Waals surface area contributed by atoms with Gasteiger partial charge in [-0.15, -0.1) is 0 Å². The molecule has 0 amide bonds. The minimum atomic E-state index is -4.78. The number of alkyl halides is 5. The summed E-state index contributed by atoms with van der Waals surface area (Å²) >= 11 is 1.45. The Morgan fingerprint density at radius 3 is 2.31 bits per heavy atom. The van der Waals surface area contributed by atoms with Crippen molar-refractivity contribution in [1.82, 2.24) is 4.98 Å². The Labute approximate surface area is 101 Å². The fraction of sp³-hybridized carbons (Fsp3) is 0.375. The maximum atomic E-state index is 12.5. The van der Waals surface area contributed by atoms with Crippen LogP contribution in [0.4, 0.5) is 22.0 Å². The first-order valence-corrected chi connectivity index (χ1v) is 5.10. The van der Waals surface area contributed by atoms with Gasteiger partial charge in [-0.3, -0.25) is 0 Å². The number of aromatic nitrogens is 1. The summed E-state index contributed by atoms with van der Waals surface area (Å²) in [4.78, 5) is 3.21. The molecular weight excluding hydrogens is 346 g/mol. The van der Waals surface area contributed by atoms with Crippen molar-refractivity contribution in [1.29, 1.82) is 0 Å². The Bertz CT molecular complexity index is 391. The average molecular weight is 352 g/mol. The fourth-order valence-electron chi connectivity index (χ4n) is 1.20. The SMILES string of the molecule is NCc1c(C(F)F)cc(I)nc1C(F)(F)F. The average Bonchev–Trinajstić information content (AvgIpc) is 2.14. The van der Waals surface area contributed by atoms with Gasteiger partial charge < -0.3 is 5.73 Å². The van der Waals surface area contributed by atoms with Crippen LogP contribution in [0, 0.1) is 3.70 Å². The highest BCUT2D eigenvalue weighted by Crippen LogP contribution is 2.35. The lowest BCUT2D eigenvalue weighted by atomic mass is 10.1. The zero-order valence-electron chi connectivity index (χ0n) is 7.65. The largest absolute Gasteiger partial charge is 0.433 e. The maximum Gasteiger partial charge on any atom is 0.433 e. The van der Waals surface area contributed by atoms with Gasteiger partial charge in [-0.25, -0.2) is 13.8 Å². The number of rotatable bonds is 2. The molecule has 2 nitrogen and oxygen atoms in total. The molecule has 0 aromatic carbocycles. The molecule has 0 radical (unpaired) electrons. The van der Waals surface area contributed by atoms with E-state index in [-0.39, 0.29) is 3.70 Å². The van der Waals surface area contributed by atoms with E-state index in [0.717, 1.165) is 6.07 Å². The summed E-state index contributed by atoms with van der Waals surface area (Å²) in [5.41, 5.74) is 2.36. The molecule has 90 valence electrons. The molecule has 0 saturated carbocycles. The second kappa shape index (κ2) is 4.78. The van der Waals surface area contributed by atoms with Crippen LogP contribution >= 0.6 is 22.6 Å². The lowest BCUT2D eigenvalue weighted by molar-refractivity contribution is -0.142. The monoisotopic (exact) mass is 352 g/mol. The molecule has 0 fully saturated rings. The van der Waals surface area contributed by atoms with Crippen molar-refractivity contribution in [3.63, 3.8) is 0 Å². The number of halogens is 6. The third-order valence-corrected chi connectivity index (χ3v) is 2.39. The van der Waals surface area contributed by atoms with Gasteiger partial charge in [0.05, 0.1) is 0 Å². The smallest absolute Gasteiger partial charge is 0.326 e. The summed E-state index contributed by atoms with van der Waals surface area (Å²) < 4.78 is 62.4. The standard InChI is InChI=1S/C8H6F5IN2/c9-7(10)3-1-5(14)16-6(4(3)2-15)8(11,12)13/h1,7H,2,15H2. The predicted molar refractivity (Wildman–Crippen MR) is 54.8 cm³/mol. The Balaban J connectivity index is 3.49. The summed E-state index contributed by atoms with van der Waals surface area (Å²) in [6.45, 7) is -0.627. The third-order valence-electron chi connectivity index (χ3n) is 1.84. The van der Waals surface area contributed by atoms with Gasteiger partial charge in [0.15, 0.2) is 5.69 Å². The van der Waals surface area contributed by atoms with Crippen LogP contribution in [0.2, 0.25) is 0 Å². The summed E-state index contributed by atoms with van der Waals surface area (Å²) in [6, 6.07) is 0.905. The van der Waals surface area contributed by atoms with Gasteiger partial charge in [0.2, 0.25) is 0 Å². The molecule has 0 aliphatic rings. The Morgan fingerprint density at radius 1 is 1.38 bits per heavy atom. The van der Waals surface area contributed by atoms with Crippen LogP contribution in [0.3, 0.4) is 0 Å². The van der Waals surface area contributed by atoms with Crippen molar-refractivity contribution in [2.75, 3.05) is 0 Å². The molecule has 1 aromatic rings. The highest BCUT2D eigenvalue weighted by Gasteiger charge is 2.37. The number of nitrogens with two attached hydrogens (primary N) is 1. The first-order chi connectivity index (χ1) is 7.27. The van der Waals surface area contributed by atoms with E-state index in [0.29, 0.717) is 0 Å². The summed E-state index contributed by atoms with van der Waals surface area (Å²) in [5, 5.41) is 0. The molecule has 1 rings (SSSR count). The van der Waals surface area contributed by atoms with Crippen LogP contribution < -0.4 is 5.73 Å². The number of hydrogen-bond donors (Lipinski definition) is 1. The van der Waals surface area contributed by atoms with Crippen LogP contribution in [0.15, 0.2) is 6.07 Å². The third kappa shape index (κ3) is 2.78. The van der Waals surface area contributed by atoms with E-state index < -0.39 is 36.0 Å². The van der Waals surface area contributed by atoms with E-state index in [1.54, 1.807) is 0 Å². The van der Waals surface area contributed by atoms with Crippen LogP contribution in [0.25, 0.3) is 0 Å². The van der Waals surface area contributed by atoms with Gasteiger partial charge in [-0.05, 0) is 28.7 Å². The molecular formula is C8H6F5IN2. The summed E-state index contributed by atoms with van der Waals surface area (Å²) in [6.07, 6.45) is -7.78. The Hall–Kier alpha value is -0.510. The van der Waals surface area contributed by atoms with Crippen molar-refractivity contribution in [2.45, 2.75) is 19.1 Å². The molecule has 1 aromatic heterocycles. The second-order valence-electron chi connectivity index (χ2n) is 2.86. The molecule has 2 N–H and O–H groups in total. The van der Waals surface area contributed by atoms with E-state index in [1.165, 1.54) is 22.6 Å². The van der Waals surface area contributed by atoms with Crippen molar-refractivity contribution in [2.24, 2.45) is 5.73 Å². The Morgan fingerprint density at radius 2 is 1.94 bits per heavy atom. The minimum absolute atomic E-state index is 0.141. The van der Waals surface area contributed by atoms with Crippen molar-refractivity contribution in [3.8, 4) is 0 Å². The zero-order valence-corrected chi connectivity index (χ0v) is 9.81. The highest BCUT2D eigenvalue weighted by atomic mass is 127. The highest BCUT2D eigenvalue weighted by molar-refractivity contribution is 14.1. The first-order valence-electron chi connectivity index (χ1n) is 4.02. The van der Waals surface area contributed by atoms with Crippen molar-refractivity contribution >= 4 is 22.6 Å². The van der Waals surface area contributed by atoms with E-state index in [1.807, 2.05) is 0 Å². The van der Waals surface area contributed by atoms with Gasteiger partial charge >= 0.3 is 6.18 Å². The summed E-state index contributed by atoms with van der Waals surface area (Å²) in [5.74, 6) is 0. The number of hydrogen-bond acceptors (Lipinski definition) is 2. The molecule has 0 aliphatic heterocycles. The van der Waals surface area contributed by atoms with Crippen LogP contribution in [0.5, 0.6) is 0 Å². The van der Waals surface area contributed by atoms with Gasteiger partial charge in [0.25, 0.3) is 6.43 Å². The summed E-state index contributed by atoms with van der Waals surface area (Å²) in [7, 11) is 0. The second-order valence-corrected chi connectivity index (χ2v) is 3.97. The maximum absolute atomic E-state index is 12.5. The molecule has 0 unspecified atom stereocenters. The normalized spacial score (nSPS) is 12.2. The van der Waals surface area contributed by atoms with E-state index in [9.17, 15) is 22.0 Å². The van der Waals surface area contributed by atoms with Crippen molar-refractivity contribution in [3.05, 3.63) is 26.6 Å². The molecule has 0 spiro atoms. The zero-order chi connectivity index (χ0) is 12.5. The van der Waals surface area contributed by atoms with E-state index >= 15 is 0 Å². The molecule has 0 atom stereocenters.